The number of nitrogens with one attached hydrogen (secondary N) is 1. The summed E-state index contributed by atoms with van der Waals surface area (Å²) in [5.41, 5.74) is 2.19. The van der Waals surface area contributed by atoms with Gasteiger partial charge in [-0.25, -0.2) is 14.4 Å². The Balaban J connectivity index is 2.15. The minimum atomic E-state index is -1.15. The van der Waals surface area contributed by atoms with Gasteiger partial charge in [-0.3, -0.25) is 0 Å². The first kappa shape index (κ1) is 21.9. The van der Waals surface area contributed by atoms with Crippen LogP contribution in [0.25, 0.3) is 11.1 Å². The summed E-state index contributed by atoms with van der Waals surface area (Å²) in [6, 6.07) is 13.1. The molecule has 0 aliphatic carbocycles. The Morgan fingerprint density at radius 2 is 1.69 bits per heavy atom. The Morgan fingerprint density at radius 1 is 1.03 bits per heavy atom. The molecule has 1 unspecified atom stereocenters. The predicted molar refractivity (Wildman–Crippen MR) is 108 cm³/mol. The van der Waals surface area contributed by atoms with E-state index in [1.807, 2.05) is 18.2 Å². The Kier molecular flexibility index (Phi) is 6.98. The number of carbonyl (C=O) groups is 3. The van der Waals surface area contributed by atoms with Gasteiger partial charge in [0.05, 0.1) is 12.7 Å². The Hall–Kier alpha value is -3.35. The lowest BCUT2D eigenvalue weighted by Gasteiger charge is -2.22. The van der Waals surface area contributed by atoms with Crippen molar-refractivity contribution in [2.45, 2.75) is 38.8 Å². The van der Waals surface area contributed by atoms with Crippen molar-refractivity contribution in [3.05, 3.63) is 59.7 Å². The van der Waals surface area contributed by atoms with Crippen LogP contribution >= 0.6 is 0 Å². The van der Waals surface area contributed by atoms with Crippen molar-refractivity contribution in [1.29, 1.82) is 0 Å². The molecule has 7 nitrogen and oxygen atoms in total. The second-order valence-corrected chi connectivity index (χ2v) is 7.51. The molecule has 1 atom stereocenters. The smallest absolute Gasteiger partial charge is 0.408 e. The number of hydrogen-bond acceptors (Lipinski definition) is 5. The van der Waals surface area contributed by atoms with Gasteiger partial charge in [-0.05, 0) is 49.6 Å². The molecule has 2 aromatic carbocycles. The fraction of sp³-hybridized carbons (Fsp3) is 0.318. The normalized spacial score (nSPS) is 12.0. The Bertz CT molecular complexity index is 883. The van der Waals surface area contributed by atoms with E-state index in [1.54, 1.807) is 51.1 Å². The van der Waals surface area contributed by atoms with Crippen LogP contribution in [0, 0.1) is 0 Å². The molecule has 1 amide bonds. The number of amides is 1. The molecular formula is C22H25NO6. The predicted octanol–water partition coefficient (Wildman–Crippen LogP) is 3.66. The summed E-state index contributed by atoms with van der Waals surface area (Å²) in [6.45, 7) is 5.12. The number of methoxy groups -OCH3 is 1. The van der Waals surface area contributed by atoms with E-state index in [9.17, 15) is 19.5 Å². The van der Waals surface area contributed by atoms with Gasteiger partial charge in [0.2, 0.25) is 0 Å². The van der Waals surface area contributed by atoms with Crippen LogP contribution in [-0.4, -0.2) is 41.9 Å². The van der Waals surface area contributed by atoms with Crippen molar-refractivity contribution >= 4 is 18.0 Å². The second-order valence-electron chi connectivity index (χ2n) is 7.51. The molecule has 0 aromatic heterocycles. The van der Waals surface area contributed by atoms with E-state index in [0.717, 1.165) is 16.7 Å². The standard InChI is InChI=1S/C22H25NO6/c1-22(2,3)29-21(27)23-18(19(24)25)13-14-6-5-7-17(12-14)15-8-10-16(11-9-15)20(26)28-4/h5-12,18H,13H2,1-4H3,(H,23,27)(H,24,25). The number of alkyl carbamates (subject to hydrolysis) is 1. The zero-order valence-electron chi connectivity index (χ0n) is 16.9. The van der Waals surface area contributed by atoms with Gasteiger partial charge in [-0.15, -0.1) is 0 Å². The lowest BCUT2D eigenvalue weighted by atomic mass is 9.98. The fourth-order valence-electron chi connectivity index (χ4n) is 2.68. The summed E-state index contributed by atoms with van der Waals surface area (Å²) >= 11 is 0. The van der Waals surface area contributed by atoms with E-state index in [2.05, 4.69) is 10.1 Å². The van der Waals surface area contributed by atoms with E-state index in [-0.39, 0.29) is 6.42 Å². The van der Waals surface area contributed by atoms with Gasteiger partial charge in [-0.2, -0.15) is 0 Å². The van der Waals surface area contributed by atoms with Gasteiger partial charge in [0.15, 0.2) is 0 Å². The fourth-order valence-corrected chi connectivity index (χ4v) is 2.68. The minimum Gasteiger partial charge on any atom is -0.480 e. The summed E-state index contributed by atoms with van der Waals surface area (Å²) < 4.78 is 9.83. The SMILES string of the molecule is COC(=O)c1ccc(-c2cccc(CC(NC(=O)OC(C)(C)C)C(=O)O)c2)cc1. The summed E-state index contributed by atoms with van der Waals surface area (Å²) in [7, 11) is 1.32. The molecule has 0 saturated carbocycles. The van der Waals surface area contributed by atoms with Crippen LogP contribution in [0.15, 0.2) is 48.5 Å². The summed E-state index contributed by atoms with van der Waals surface area (Å²) in [5.74, 6) is -1.56. The molecular weight excluding hydrogens is 374 g/mol. The number of benzene rings is 2. The molecule has 0 radical (unpaired) electrons. The van der Waals surface area contributed by atoms with Crippen molar-refractivity contribution in [3.8, 4) is 11.1 Å². The number of ether oxygens (including phenoxy) is 2. The third kappa shape index (κ3) is 6.64. The average molecular weight is 399 g/mol. The van der Waals surface area contributed by atoms with Gasteiger partial charge in [0.25, 0.3) is 0 Å². The van der Waals surface area contributed by atoms with Crippen LogP contribution in [0.1, 0.15) is 36.7 Å². The molecule has 0 heterocycles. The number of rotatable bonds is 6. The quantitative estimate of drug-likeness (QED) is 0.719. The van der Waals surface area contributed by atoms with Crippen molar-refractivity contribution in [2.75, 3.05) is 7.11 Å². The van der Waals surface area contributed by atoms with Gasteiger partial charge < -0.3 is 19.9 Å². The third-order valence-electron chi connectivity index (χ3n) is 4.00. The first-order chi connectivity index (χ1) is 13.6. The van der Waals surface area contributed by atoms with Crippen LogP contribution < -0.4 is 5.32 Å². The maximum absolute atomic E-state index is 11.9. The number of carboxylic acids is 1. The number of carboxylic acid groups (broad SMARTS) is 1. The molecule has 0 bridgehead atoms. The highest BCUT2D eigenvalue weighted by Gasteiger charge is 2.24. The number of esters is 1. The second kappa shape index (κ2) is 9.23. The molecule has 0 spiro atoms. The van der Waals surface area contributed by atoms with Gasteiger partial charge in [0, 0.05) is 6.42 Å². The molecule has 0 aliphatic heterocycles. The van der Waals surface area contributed by atoms with Gasteiger partial charge >= 0.3 is 18.0 Å². The molecule has 7 heteroatoms. The lowest BCUT2D eigenvalue weighted by Crippen LogP contribution is -2.44. The molecule has 2 aromatic rings. The lowest BCUT2D eigenvalue weighted by molar-refractivity contribution is -0.139. The van der Waals surface area contributed by atoms with Crippen molar-refractivity contribution in [3.63, 3.8) is 0 Å². The van der Waals surface area contributed by atoms with Crippen molar-refractivity contribution in [1.82, 2.24) is 5.32 Å². The first-order valence-corrected chi connectivity index (χ1v) is 9.09. The van der Waals surface area contributed by atoms with Crippen LogP contribution in [0.2, 0.25) is 0 Å². The van der Waals surface area contributed by atoms with E-state index in [4.69, 9.17) is 4.74 Å². The van der Waals surface area contributed by atoms with Crippen LogP contribution in [0.5, 0.6) is 0 Å². The molecule has 0 fully saturated rings. The topological polar surface area (TPSA) is 102 Å². The molecule has 2 rings (SSSR count). The highest BCUT2D eigenvalue weighted by molar-refractivity contribution is 5.90. The first-order valence-electron chi connectivity index (χ1n) is 9.09. The maximum Gasteiger partial charge on any atom is 0.408 e. The summed E-state index contributed by atoms with van der Waals surface area (Å²) in [4.78, 5) is 35.1. The number of hydrogen-bond donors (Lipinski definition) is 2. The summed E-state index contributed by atoms with van der Waals surface area (Å²) in [5, 5.41) is 11.9. The van der Waals surface area contributed by atoms with Gasteiger partial charge in [-0.1, -0.05) is 36.4 Å². The third-order valence-corrected chi connectivity index (χ3v) is 4.00. The van der Waals surface area contributed by atoms with Crippen LogP contribution in [0.3, 0.4) is 0 Å². The maximum atomic E-state index is 11.9. The highest BCUT2D eigenvalue weighted by Crippen LogP contribution is 2.22. The highest BCUT2D eigenvalue weighted by atomic mass is 16.6. The minimum absolute atomic E-state index is 0.0999. The zero-order valence-corrected chi connectivity index (χ0v) is 16.9. The Labute approximate surface area is 169 Å². The van der Waals surface area contributed by atoms with Crippen molar-refractivity contribution in [2.24, 2.45) is 0 Å². The zero-order chi connectivity index (χ0) is 21.6. The Morgan fingerprint density at radius 3 is 2.24 bits per heavy atom. The van der Waals surface area contributed by atoms with Crippen LogP contribution in [0.4, 0.5) is 4.79 Å². The molecule has 154 valence electrons. The molecule has 0 aliphatic rings. The van der Waals surface area contributed by atoms with Crippen LogP contribution in [-0.2, 0) is 20.7 Å². The van der Waals surface area contributed by atoms with E-state index in [0.29, 0.717) is 5.56 Å². The van der Waals surface area contributed by atoms with Crippen molar-refractivity contribution < 1.29 is 29.0 Å². The number of aliphatic carboxylic acids is 1. The van der Waals surface area contributed by atoms with Gasteiger partial charge in [0.1, 0.15) is 11.6 Å². The van der Waals surface area contributed by atoms with E-state index in [1.165, 1.54) is 7.11 Å². The van der Waals surface area contributed by atoms with E-state index >= 15 is 0 Å². The number of carbonyl (C=O) groups excluding carboxylic acids is 2. The molecule has 2 N–H and O–H groups in total. The summed E-state index contributed by atoms with van der Waals surface area (Å²) in [6.07, 6.45) is -0.678. The largest absolute Gasteiger partial charge is 0.480 e. The molecule has 29 heavy (non-hydrogen) atoms. The molecule has 0 saturated heterocycles. The monoisotopic (exact) mass is 399 g/mol. The van der Waals surface area contributed by atoms with E-state index < -0.39 is 29.7 Å². The average Bonchev–Trinajstić information content (AvgIpc) is 2.65.